The van der Waals surface area contributed by atoms with Gasteiger partial charge in [0.2, 0.25) is 11.8 Å². The van der Waals surface area contributed by atoms with Crippen LogP contribution in [0, 0.1) is 18.6 Å². The summed E-state index contributed by atoms with van der Waals surface area (Å²) in [4.78, 5) is 23.5. The van der Waals surface area contributed by atoms with Gasteiger partial charge in [0.05, 0.1) is 0 Å². The highest BCUT2D eigenvalue weighted by atomic mass is 35.5. The molecule has 0 saturated heterocycles. The van der Waals surface area contributed by atoms with Crippen LogP contribution in [0.5, 0.6) is 0 Å². The number of nitrogens with one attached hydrogen (secondary N) is 2. The van der Waals surface area contributed by atoms with Crippen molar-refractivity contribution in [1.82, 2.24) is 0 Å². The van der Waals surface area contributed by atoms with E-state index in [9.17, 15) is 18.4 Å². The Hall–Kier alpha value is -2.47. The molecule has 0 aliphatic heterocycles. The molecule has 0 radical (unpaired) electrons. The van der Waals surface area contributed by atoms with E-state index in [0.717, 1.165) is 17.7 Å². The second-order valence-corrected chi connectivity index (χ2v) is 5.24. The zero-order valence-corrected chi connectivity index (χ0v) is 12.9. The summed E-state index contributed by atoms with van der Waals surface area (Å²) in [7, 11) is 0. The van der Waals surface area contributed by atoms with Gasteiger partial charge in [-0.25, -0.2) is 8.78 Å². The van der Waals surface area contributed by atoms with Gasteiger partial charge in [0, 0.05) is 10.7 Å². The molecule has 0 fully saturated rings. The summed E-state index contributed by atoms with van der Waals surface area (Å²) in [5, 5.41) is 5.00. The van der Waals surface area contributed by atoms with Gasteiger partial charge in [-0.3, -0.25) is 9.59 Å². The summed E-state index contributed by atoms with van der Waals surface area (Å²) >= 11 is 5.93. The third-order valence-electron chi connectivity index (χ3n) is 3.00. The maximum absolute atomic E-state index is 13.4. The van der Waals surface area contributed by atoms with Crippen LogP contribution in [-0.4, -0.2) is 11.8 Å². The molecule has 2 aromatic rings. The maximum Gasteiger partial charge on any atom is 0.233 e. The minimum atomic E-state index is -0.913. The van der Waals surface area contributed by atoms with E-state index in [0.29, 0.717) is 10.7 Å². The first-order chi connectivity index (χ1) is 10.9. The molecule has 23 heavy (non-hydrogen) atoms. The van der Waals surface area contributed by atoms with Gasteiger partial charge in [0.15, 0.2) is 0 Å². The SMILES string of the molecule is Cc1ccc(NC(=O)CC(=O)Nc2c(F)cccc2F)cc1Cl. The smallest absolute Gasteiger partial charge is 0.233 e. The first-order valence-electron chi connectivity index (χ1n) is 6.66. The lowest BCUT2D eigenvalue weighted by Crippen LogP contribution is -2.22. The van der Waals surface area contributed by atoms with Crippen molar-refractivity contribution in [2.24, 2.45) is 0 Å². The second kappa shape index (κ2) is 7.19. The highest BCUT2D eigenvalue weighted by molar-refractivity contribution is 6.31. The van der Waals surface area contributed by atoms with Crippen LogP contribution >= 0.6 is 11.6 Å². The Morgan fingerprint density at radius 3 is 2.26 bits per heavy atom. The van der Waals surface area contributed by atoms with E-state index >= 15 is 0 Å². The maximum atomic E-state index is 13.4. The van der Waals surface area contributed by atoms with Crippen molar-refractivity contribution in [1.29, 1.82) is 0 Å². The molecule has 2 rings (SSSR count). The van der Waals surface area contributed by atoms with Crippen LogP contribution < -0.4 is 10.6 Å². The van der Waals surface area contributed by atoms with Crippen molar-refractivity contribution in [2.75, 3.05) is 10.6 Å². The van der Waals surface area contributed by atoms with Crippen molar-refractivity contribution < 1.29 is 18.4 Å². The topological polar surface area (TPSA) is 58.2 Å². The Bertz CT molecular complexity index is 745. The molecule has 2 aromatic carbocycles. The molecule has 0 spiro atoms. The number of carbonyl (C=O) groups excluding carboxylic acids is 2. The number of anilines is 2. The molecule has 0 unspecified atom stereocenters. The summed E-state index contributed by atoms with van der Waals surface area (Å²) in [6, 6.07) is 8.08. The Morgan fingerprint density at radius 2 is 1.65 bits per heavy atom. The van der Waals surface area contributed by atoms with Crippen LogP contribution in [0.2, 0.25) is 5.02 Å². The molecule has 0 bridgehead atoms. The molecule has 4 nitrogen and oxygen atoms in total. The van der Waals surface area contributed by atoms with Crippen LogP contribution in [0.3, 0.4) is 0 Å². The van der Waals surface area contributed by atoms with Crippen LogP contribution in [-0.2, 0) is 9.59 Å². The van der Waals surface area contributed by atoms with Gasteiger partial charge < -0.3 is 10.6 Å². The molecular weight excluding hydrogens is 326 g/mol. The van der Waals surface area contributed by atoms with Crippen LogP contribution in [0.1, 0.15) is 12.0 Å². The number of carbonyl (C=O) groups is 2. The Balaban J connectivity index is 1.97. The van der Waals surface area contributed by atoms with Crippen molar-refractivity contribution in [3.63, 3.8) is 0 Å². The van der Waals surface area contributed by atoms with E-state index in [2.05, 4.69) is 5.32 Å². The Labute approximate surface area is 136 Å². The van der Waals surface area contributed by atoms with Gasteiger partial charge in [-0.2, -0.15) is 0 Å². The molecule has 2 N–H and O–H groups in total. The summed E-state index contributed by atoms with van der Waals surface area (Å²) in [5.74, 6) is -3.28. The fourth-order valence-corrected chi connectivity index (χ4v) is 2.00. The summed E-state index contributed by atoms with van der Waals surface area (Å²) < 4.78 is 26.8. The average molecular weight is 339 g/mol. The minimum absolute atomic E-state index is 0.426. The quantitative estimate of drug-likeness (QED) is 0.831. The molecule has 2 amide bonds. The van der Waals surface area contributed by atoms with E-state index in [4.69, 9.17) is 11.6 Å². The first kappa shape index (κ1) is 16.9. The number of rotatable bonds is 4. The van der Waals surface area contributed by atoms with Crippen LogP contribution in [0.4, 0.5) is 20.2 Å². The highest BCUT2D eigenvalue weighted by Crippen LogP contribution is 2.20. The fraction of sp³-hybridized carbons (Fsp3) is 0.125. The lowest BCUT2D eigenvalue weighted by molar-refractivity contribution is -0.123. The normalized spacial score (nSPS) is 10.3. The lowest BCUT2D eigenvalue weighted by atomic mass is 10.2. The predicted octanol–water partition coefficient (Wildman–Crippen LogP) is 3.89. The Kier molecular flexibility index (Phi) is 5.28. The van der Waals surface area contributed by atoms with Gasteiger partial charge in [-0.1, -0.05) is 23.7 Å². The number of hydrogen-bond acceptors (Lipinski definition) is 2. The number of halogens is 3. The molecule has 120 valence electrons. The predicted molar refractivity (Wildman–Crippen MR) is 84.4 cm³/mol. The third kappa shape index (κ3) is 4.50. The number of hydrogen-bond donors (Lipinski definition) is 2. The lowest BCUT2D eigenvalue weighted by Gasteiger charge is -2.09. The van der Waals surface area contributed by atoms with Crippen molar-refractivity contribution >= 4 is 34.8 Å². The van der Waals surface area contributed by atoms with Crippen molar-refractivity contribution in [3.05, 3.63) is 58.6 Å². The van der Waals surface area contributed by atoms with Crippen molar-refractivity contribution in [3.8, 4) is 0 Å². The van der Waals surface area contributed by atoms with E-state index in [-0.39, 0.29) is 0 Å². The molecule has 0 aliphatic carbocycles. The van der Waals surface area contributed by atoms with Gasteiger partial charge in [-0.05, 0) is 36.8 Å². The summed E-state index contributed by atoms with van der Waals surface area (Å²) in [6.07, 6.45) is -0.584. The van der Waals surface area contributed by atoms with Gasteiger partial charge in [0.25, 0.3) is 0 Å². The zero-order valence-electron chi connectivity index (χ0n) is 12.1. The number of para-hydroxylation sites is 1. The number of benzene rings is 2. The number of amides is 2. The molecule has 7 heteroatoms. The van der Waals surface area contributed by atoms with Crippen LogP contribution in [0.25, 0.3) is 0 Å². The van der Waals surface area contributed by atoms with E-state index in [1.54, 1.807) is 18.2 Å². The molecule has 0 saturated carbocycles. The highest BCUT2D eigenvalue weighted by Gasteiger charge is 2.15. The standard InChI is InChI=1S/C16H13ClF2N2O2/c1-9-5-6-10(7-11(9)17)20-14(22)8-15(23)21-16-12(18)3-2-4-13(16)19/h2-7H,8H2,1H3,(H,20,22)(H,21,23). The monoisotopic (exact) mass is 338 g/mol. The molecule has 0 aliphatic rings. The average Bonchev–Trinajstić information content (AvgIpc) is 2.47. The number of aryl methyl sites for hydroxylation is 1. The third-order valence-corrected chi connectivity index (χ3v) is 3.41. The van der Waals surface area contributed by atoms with Gasteiger partial charge in [0.1, 0.15) is 23.7 Å². The van der Waals surface area contributed by atoms with E-state index in [1.165, 1.54) is 6.07 Å². The first-order valence-corrected chi connectivity index (χ1v) is 7.04. The minimum Gasteiger partial charge on any atom is -0.326 e. The Morgan fingerprint density at radius 1 is 1.04 bits per heavy atom. The molecular formula is C16H13ClF2N2O2. The van der Waals surface area contributed by atoms with Gasteiger partial charge >= 0.3 is 0 Å². The summed E-state index contributed by atoms with van der Waals surface area (Å²) in [6.45, 7) is 1.81. The fourth-order valence-electron chi connectivity index (χ4n) is 1.82. The van der Waals surface area contributed by atoms with E-state index in [1.807, 2.05) is 12.2 Å². The van der Waals surface area contributed by atoms with Gasteiger partial charge in [-0.15, -0.1) is 0 Å². The largest absolute Gasteiger partial charge is 0.326 e. The summed E-state index contributed by atoms with van der Waals surface area (Å²) in [5.41, 5.74) is 0.691. The van der Waals surface area contributed by atoms with Crippen molar-refractivity contribution in [2.45, 2.75) is 13.3 Å². The molecule has 0 aromatic heterocycles. The van der Waals surface area contributed by atoms with E-state index < -0.39 is 35.6 Å². The molecule has 0 heterocycles. The second-order valence-electron chi connectivity index (χ2n) is 4.83. The van der Waals surface area contributed by atoms with Crippen LogP contribution in [0.15, 0.2) is 36.4 Å². The zero-order chi connectivity index (χ0) is 17.0. The molecule has 0 atom stereocenters.